The van der Waals surface area contributed by atoms with Gasteiger partial charge in [0.05, 0.1) is 16.8 Å². The van der Waals surface area contributed by atoms with Crippen molar-refractivity contribution in [2.45, 2.75) is 45.8 Å². The molecule has 1 fully saturated rings. The van der Waals surface area contributed by atoms with Crippen LogP contribution in [0.25, 0.3) is 0 Å². The molecule has 1 aromatic rings. The first-order chi connectivity index (χ1) is 7.74. The van der Waals surface area contributed by atoms with E-state index in [0.29, 0.717) is 5.02 Å². The van der Waals surface area contributed by atoms with Crippen LogP contribution in [0.5, 0.6) is 0 Å². The molecule has 0 N–H and O–H groups in total. The monoisotopic (exact) mass is 253 g/mol. The summed E-state index contributed by atoms with van der Waals surface area (Å²) < 4.78 is 11.9. The van der Waals surface area contributed by atoms with Crippen molar-refractivity contribution < 1.29 is 9.31 Å². The van der Waals surface area contributed by atoms with Gasteiger partial charge in [-0.1, -0.05) is 11.6 Å². The lowest BCUT2D eigenvalue weighted by molar-refractivity contribution is 0.00578. The number of rotatable bonds is 1. The van der Waals surface area contributed by atoms with Gasteiger partial charge < -0.3 is 9.31 Å². The number of hydrogen-bond donors (Lipinski definition) is 0. The maximum Gasteiger partial charge on any atom is 0.514 e. The van der Waals surface area contributed by atoms with E-state index in [-0.39, 0.29) is 11.2 Å². The van der Waals surface area contributed by atoms with Crippen molar-refractivity contribution in [3.63, 3.8) is 0 Å². The summed E-state index contributed by atoms with van der Waals surface area (Å²) in [5.74, 6) is 0. The van der Waals surface area contributed by atoms with Crippen LogP contribution in [-0.2, 0) is 9.31 Å². The van der Waals surface area contributed by atoms with E-state index in [4.69, 9.17) is 20.9 Å². The average molecular weight is 254 g/mol. The summed E-state index contributed by atoms with van der Waals surface area (Å²) in [5.41, 5.74) is 0.964. The molecule has 17 heavy (non-hydrogen) atoms. The molecule has 0 aliphatic carbocycles. The van der Waals surface area contributed by atoms with Crippen LogP contribution in [0.2, 0.25) is 5.02 Å². The predicted molar refractivity (Wildman–Crippen MR) is 69.7 cm³/mol. The van der Waals surface area contributed by atoms with E-state index in [1.807, 2.05) is 34.6 Å². The van der Waals surface area contributed by atoms with Crippen LogP contribution < -0.4 is 5.59 Å². The minimum absolute atomic E-state index is 0.353. The van der Waals surface area contributed by atoms with Crippen LogP contribution in [0, 0.1) is 6.92 Å². The Labute approximate surface area is 108 Å². The largest absolute Gasteiger partial charge is 0.514 e. The van der Waals surface area contributed by atoms with Gasteiger partial charge in [0.25, 0.3) is 0 Å². The molecule has 92 valence electrons. The number of nitrogens with zero attached hydrogens (tertiary/aromatic N) is 1. The lowest BCUT2D eigenvalue weighted by Gasteiger charge is -2.32. The zero-order valence-corrected chi connectivity index (χ0v) is 11.6. The predicted octanol–water partition coefficient (Wildman–Crippen LogP) is 2.34. The maximum absolute atomic E-state index is 6.08. The summed E-state index contributed by atoms with van der Waals surface area (Å²) in [6.45, 7) is 10.0. The van der Waals surface area contributed by atoms with Gasteiger partial charge >= 0.3 is 7.12 Å². The fourth-order valence-corrected chi connectivity index (χ4v) is 1.87. The van der Waals surface area contributed by atoms with E-state index in [2.05, 4.69) is 4.98 Å². The van der Waals surface area contributed by atoms with E-state index < -0.39 is 7.12 Å². The van der Waals surface area contributed by atoms with Gasteiger partial charge in [0.2, 0.25) is 0 Å². The molecule has 0 atom stereocenters. The fraction of sp³-hybridized carbons (Fsp3) is 0.583. The maximum atomic E-state index is 6.08. The Balaban J connectivity index is 2.36. The molecule has 0 unspecified atom stereocenters. The summed E-state index contributed by atoms with van der Waals surface area (Å²) in [4.78, 5) is 4.32. The third-order valence-electron chi connectivity index (χ3n) is 3.65. The highest BCUT2D eigenvalue weighted by molar-refractivity contribution is 6.62. The Hall–Kier alpha value is -0.575. The summed E-state index contributed by atoms with van der Waals surface area (Å²) in [7, 11) is -0.446. The molecule has 0 radical (unpaired) electrons. The van der Waals surface area contributed by atoms with Crippen molar-refractivity contribution in [1.82, 2.24) is 4.98 Å². The summed E-state index contributed by atoms with van der Waals surface area (Å²) in [6.07, 6.45) is 1.68. The van der Waals surface area contributed by atoms with Crippen molar-refractivity contribution in [3.8, 4) is 0 Å². The van der Waals surface area contributed by atoms with Crippen molar-refractivity contribution in [2.75, 3.05) is 0 Å². The van der Waals surface area contributed by atoms with E-state index >= 15 is 0 Å². The van der Waals surface area contributed by atoms with E-state index in [1.165, 1.54) is 0 Å². The molecule has 0 spiro atoms. The Bertz CT molecular complexity index is 432. The van der Waals surface area contributed by atoms with E-state index in [1.54, 1.807) is 12.3 Å². The first kappa shape index (κ1) is 12.9. The number of aromatic nitrogens is 1. The summed E-state index contributed by atoms with van der Waals surface area (Å²) in [6, 6.07) is 1.77. The molecular weight excluding hydrogens is 236 g/mol. The number of pyridine rings is 1. The zero-order chi connectivity index (χ0) is 12.8. The van der Waals surface area contributed by atoms with Crippen molar-refractivity contribution in [2.24, 2.45) is 0 Å². The third kappa shape index (κ3) is 2.10. The minimum Gasteiger partial charge on any atom is -0.398 e. The molecule has 5 heteroatoms. The van der Waals surface area contributed by atoms with Gasteiger partial charge in [-0.25, -0.2) is 0 Å². The number of halogens is 1. The second-order valence-electron chi connectivity index (χ2n) is 5.39. The average Bonchev–Trinajstić information content (AvgIpc) is 2.40. The van der Waals surface area contributed by atoms with Gasteiger partial charge in [-0.05, 0) is 46.2 Å². The molecule has 2 heterocycles. The standard InChI is InChI=1S/C12H17BClNO2/c1-8-9(14)6-7-15-10(8)13-16-11(2,3)12(4,5)17-13/h6-7H,1-5H3. The Morgan fingerprint density at radius 2 is 1.71 bits per heavy atom. The van der Waals surface area contributed by atoms with Crippen molar-refractivity contribution >= 4 is 24.3 Å². The smallest absolute Gasteiger partial charge is 0.398 e. The lowest BCUT2D eigenvalue weighted by Crippen LogP contribution is -2.41. The van der Waals surface area contributed by atoms with Crippen LogP contribution in [0.4, 0.5) is 0 Å². The highest BCUT2D eigenvalue weighted by Crippen LogP contribution is 2.36. The van der Waals surface area contributed by atoms with Crippen LogP contribution in [0.3, 0.4) is 0 Å². The SMILES string of the molecule is Cc1c(Cl)ccnc1B1OC(C)(C)C(C)(C)O1. The van der Waals surface area contributed by atoms with Crippen LogP contribution in [0.1, 0.15) is 33.3 Å². The highest BCUT2D eigenvalue weighted by atomic mass is 35.5. The molecule has 1 aliphatic rings. The molecule has 0 amide bonds. The van der Waals surface area contributed by atoms with Gasteiger partial charge in [-0.2, -0.15) is 0 Å². The van der Waals surface area contributed by atoms with E-state index in [0.717, 1.165) is 11.2 Å². The fourth-order valence-electron chi connectivity index (χ4n) is 1.72. The first-order valence-corrected chi connectivity index (χ1v) is 6.09. The van der Waals surface area contributed by atoms with Crippen LogP contribution >= 0.6 is 11.6 Å². The molecule has 0 aromatic carbocycles. The normalized spacial score (nSPS) is 21.9. The second kappa shape index (κ2) is 3.97. The quantitative estimate of drug-likeness (QED) is 0.720. The topological polar surface area (TPSA) is 31.4 Å². The molecule has 2 rings (SSSR count). The first-order valence-electron chi connectivity index (χ1n) is 5.71. The molecule has 1 aliphatic heterocycles. The molecule has 0 bridgehead atoms. The molecule has 0 saturated carbocycles. The Kier molecular flexibility index (Phi) is 3.01. The zero-order valence-electron chi connectivity index (χ0n) is 10.9. The summed E-state index contributed by atoms with van der Waals surface area (Å²) in [5, 5.41) is 0.685. The Morgan fingerprint density at radius 1 is 1.18 bits per heavy atom. The third-order valence-corrected chi connectivity index (χ3v) is 4.06. The lowest BCUT2D eigenvalue weighted by atomic mass is 9.81. The highest BCUT2D eigenvalue weighted by Gasteiger charge is 2.52. The Morgan fingerprint density at radius 3 is 2.24 bits per heavy atom. The van der Waals surface area contributed by atoms with Crippen molar-refractivity contribution in [1.29, 1.82) is 0 Å². The van der Waals surface area contributed by atoms with Crippen molar-refractivity contribution in [3.05, 3.63) is 22.8 Å². The molecule has 1 aromatic heterocycles. The van der Waals surface area contributed by atoms with Gasteiger partial charge in [0.15, 0.2) is 0 Å². The van der Waals surface area contributed by atoms with Crippen LogP contribution in [0.15, 0.2) is 12.3 Å². The van der Waals surface area contributed by atoms with Gasteiger partial charge in [0.1, 0.15) is 0 Å². The molecular formula is C12H17BClNO2. The molecule has 1 saturated heterocycles. The number of hydrogen-bond acceptors (Lipinski definition) is 3. The van der Waals surface area contributed by atoms with Crippen LogP contribution in [-0.4, -0.2) is 23.3 Å². The second-order valence-corrected chi connectivity index (χ2v) is 5.80. The van der Waals surface area contributed by atoms with Gasteiger partial charge in [0, 0.05) is 11.2 Å². The summed E-state index contributed by atoms with van der Waals surface area (Å²) >= 11 is 6.08. The van der Waals surface area contributed by atoms with Gasteiger partial charge in [-0.15, -0.1) is 0 Å². The minimum atomic E-state index is -0.446. The van der Waals surface area contributed by atoms with Gasteiger partial charge in [-0.3, -0.25) is 4.98 Å². The molecule has 3 nitrogen and oxygen atoms in total. The van der Waals surface area contributed by atoms with E-state index in [9.17, 15) is 0 Å².